The van der Waals surface area contributed by atoms with Gasteiger partial charge in [0.1, 0.15) is 5.75 Å². The van der Waals surface area contributed by atoms with Crippen molar-refractivity contribution < 1.29 is 18.9 Å². The molecule has 4 aliphatic rings. The van der Waals surface area contributed by atoms with Crippen molar-refractivity contribution in [2.45, 2.75) is 44.6 Å². The van der Waals surface area contributed by atoms with Gasteiger partial charge in [0, 0.05) is 41.6 Å². The van der Waals surface area contributed by atoms with E-state index in [4.69, 9.17) is 14.3 Å². The minimum atomic E-state index is -4.54. The van der Waals surface area contributed by atoms with Gasteiger partial charge in [-0.2, -0.15) is 0 Å². The molecule has 1 aromatic carbocycles. The zero-order valence-electron chi connectivity index (χ0n) is 14.9. The van der Waals surface area contributed by atoms with Gasteiger partial charge in [0.2, 0.25) is 0 Å². The minimum Gasteiger partial charge on any atom is -0.404 e. The molecule has 26 heavy (non-hydrogen) atoms. The van der Waals surface area contributed by atoms with E-state index in [1.54, 1.807) is 12.1 Å². The molecular weight excluding hydrogens is 351 g/mol. The predicted molar refractivity (Wildman–Crippen MR) is 99.3 cm³/mol. The first kappa shape index (κ1) is 16.8. The van der Waals surface area contributed by atoms with Gasteiger partial charge in [0.25, 0.3) is 0 Å². The summed E-state index contributed by atoms with van der Waals surface area (Å²) in [6, 6.07) is 5.92. The molecule has 0 spiro atoms. The van der Waals surface area contributed by atoms with E-state index in [1.165, 1.54) is 37.1 Å². The number of phosphoric acid groups is 1. The number of hydrogen-bond donors (Lipinski definition) is 3. The molecule has 140 valence electrons. The SMILES string of the molecule is CCC1CC2CC3c4[nH]c5ccc(OP(=O)(O)O)cc5c4CCN(C2)C13. The highest BCUT2D eigenvalue weighted by atomic mass is 31.2. The topological polar surface area (TPSA) is 85.8 Å². The van der Waals surface area contributed by atoms with Gasteiger partial charge in [-0.25, -0.2) is 4.57 Å². The summed E-state index contributed by atoms with van der Waals surface area (Å²) in [4.78, 5) is 24.6. The maximum atomic E-state index is 11.2. The Bertz CT molecular complexity index is 904. The van der Waals surface area contributed by atoms with Gasteiger partial charge in [0.05, 0.1) is 0 Å². The third kappa shape index (κ3) is 2.63. The fourth-order valence-electron chi connectivity index (χ4n) is 5.87. The first-order chi connectivity index (χ1) is 12.4. The zero-order valence-corrected chi connectivity index (χ0v) is 15.8. The Labute approximate surface area is 152 Å². The Morgan fingerprint density at radius 2 is 2.19 bits per heavy atom. The number of nitrogens with one attached hydrogen (secondary N) is 1. The smallest absolute Gasteiger partial charge is 0.404 e. The lowest BCUT2D eigenvalue weighted by Crippen LogP contribution is -2.56. The maximum Gasteiger partial charge on any atom is 0.524 e. The quantitative estimate of drug-likeness (QED) is 0.715. The van der Waals surface area contributed by atoms with E-state index in [9.17, 15) is 4.57 Å². The molecule has 0 radical (unpaired) electrons. The molecule has 5 unspecified atom stereocenters. The van der Waals surface area contributed by atoms with Gasteiger partial charge in [-0.05, 0) is 54.9 Å². The van der Waals surface area contributed by atoms with Gasteiger partial charge in [-0.1, -0.05) is 13.3 Å². The maximum absolute atomic E-state index is 11.2. The van der Waals surface area contributed by atoms with Crippen molar-refractivity contribution in [1.82, 2.24) is 9.88 Å². The van der Waals surface area contributed by atoms with E-state index in [0.717, 1.165) is 35.7 Å². The van der Waals surface area contributed by atoms with Crippen LogP contribution < -0.4 is 4.52 Å². The lowest BCUT2D eigenvalue weighted by molar-refractivity contribution is -0.0134. The number of aromatic nitrogens is 1. The van der Waals surface area contributed by atoms with Crippen LogP contribution in [0.15, 0.2) is 18.2 Å². The number of fused-ring (bicyclic) bond motifs is 4. The molecule has 2 aromatic rings. The Hall–Kier alpha value is -1.33. The highest BCUT2D eigenvalue weighted by Gasteiger charge is 2.48. The molecule has 4 heterocycles. The average Bonchev–Trinajstić information content (AvgIpc) is 2.91. The highest BCUT2D eigenvalue weighted by molar-refractivity contribution is 7.46. The van der Waals surface area contributed by atoms with Crippen LogP contribution in [0.4, 0.5) is 0 Å². The second-order valence-corrected chi connectivity index (χ2v) is 9.32. The van der Waals surface area contributed by atoms with E-state index in [0.29, 0.717) is 12.0 Å². The summed E-state index contributed by atoms with van der Waals surface area (Å²) >= 11 is 0. The van der Waals surface area contributed by atoms with Crippen molar-refractivity contribution in [3.63, 3.8) is 0 Å². The number of H-pyrrole nitrogens is 1. The van der Waals surface area contributed by atoms with Crippen molar-refractivity contribution in [2.75, 3.05) is 13.1 Å². The summed E-state index contributed by atoms with van der Waals surface area (Å²) in [7, 11) is -4.54. The van der Waals surface area contributed by atoms with E-state index in [-0.39, 0.29) is 5.75 Å². The molecule has 0 amide bonds. The molecular formula is C19H25N2O4P. The van der Waals surface area contributed by atoms with Crippen LogP contribution in [0.3, 0.4) is 0 Å². The molecule has 3 fully saturated rings. The van der Waals surface area contributed by atoms with Gasteiger partial charge >= 0.3 is 7.82 Å². The van der Waals surface area contributed by atoms with E-state index in [2.05, 4.69) is 16.8 Å². The summed E-state index contributed by atoms with van der Waals surface area (Å²) in [5.41, 5.74) is 3.70. The van der Waals surface area contributed by atoms with Crippen LogP contribution in [0.25, 0.3) is 10.9 Å². The van der Waals surface area contributed by atoms with Crippen LogP contribution in [0.1, 0.15) is 43.4 Å². The number of phosphoric ester groups is 1. The van der Waals surface area contributed by atoms with Crippen LogP contribution in [0.5, 0.6) is 5.75 Å². The molecule has 2 saturated heterocycles. The Morgan fingerprint density at radius 3 is 2.96 bits per heavy atom. The first-order valence-electron chi connectivity index (χ1n) is 9.56. The summed E-state index contributed by atoms with van der Waals surface area (Å²) in [5.74, 6) is 2.34. The van der Waals surface area contributed by atoms with E-state index in [1.807, 2.05) is 6.07 Å². The van der Waals surface area contributed by atoms with Crippen molar-refractivity contribution in [1.29, 1.82) is 0 Å². The monoisotopic (exact) mass is 376 g/mol. The largest absolute Gasteiger partial charge is 0.524 e. The summed E-state index contributed by atoms with van der Waals surface area (Å²) < 4.78 is 16.0. The number of benzene rings is 1. The van der Waals surface area contributed by atoms with Crippen molar-refractivity contribution in [2.24, 2.45) is 11.8 Å². The third-order valence-corrected chi connectivity index (χ3v) is 7.16. The second-order valence-electron chi connectivity index (χ2n) is 8.15. The van der Waals surface area contributed by atoms with Crippen LogP contribution >= 0.6 is 7.82 Å². The average molecular weight is 376 g/mol. The minimum absolute atomic E-state index is 0.230. The number of aromatic amines is 1. The number of rotatable bonds is 3. The van der Waals surface area contributed by atoms with Gasteiger partial charge in [-0.15, -0.1) is 0 Å². The number of hydrogen-bond acceptors (Lipinski definition) is 3. The van der Waals surface area contributed by atoms with Crippen molar-refractivity contribution in [3.05, 3.63) is 29.5 Å². The fourth-order valence-corrected chi connectivity index (χ4v) is 6.25. The normalized spacial score (nSPS) is 33.1. The highest BCUT2D eigenvalue weighted by Crippen LogP contribution is 2.51. The molecule has 6 rings (SSSR count). The fraction of sp³-hybridized carbons (Fsp3) is 0.579. The zero-order chi connectivity index (χ0) is 18.1. The molecule has 1 aromatic heterocycles. The molecule has 4 bridgehead atoms. The van der Waals surface area contributed by atoms with Gasteiger partial charge < -0.3 is 9.51 Å². The number of piperidine rings is 2. The molecule has 7 heteroatoms. The second kappa shape index (κ2) is 5.83. The molecule has 6 nitrogen and oxygen atoms in total. The number of nitrogens with zero attached hydrogens (tertiary/aromatic N) is 1. The Kier molecular flexibility index (Phi) is 3.77. The van der Waals surface area contributed by atoms with Crippen LogP contribution in [-0.4, -0.2) is 38.8 Å². The Balaban J connectivity index is 1.60. The molecule has 1 saturated carbocycles. The van der Waals surface area contributed by atoms with Crippen molar-refractivity contribution >= 4 is 18.7 Å². The predicted octanol–water partition coefficient (Wildman–Crippen LogP) is 3.40. The van der Waals surface area contributed by atoms with Gasteiger partial charge in [-0.3, -0.25) is 14.7 Å². The standard InChI is InChI=1S/C19H25N2O4P/c1-2-12-7-11-8-16-18-14(5-6-21(10-11)19(12)16)15-9-13(25-26(22,23)24)3-4-17(15)20-18/h3-4,9,11-12,16,19-20H,2,5-8,10H2,1H3,(H2,22,23,24). The molecule has 5 atom stereocenters. The summed E-state index contributed by atoms with van der Waals surface area (Å²) in [6.45, 7) is 4.61. The van der Waals surface area contributed by atoms with E-state index < -0.39 is 7.82 Å². The van der Waals surface area contributed by atoms with Crippen LogP contribution in [0.2, 0.25) is 0 Å². The summed E-state index contributed by atoms with van der Waals surface area (Å²) in [5, 5.41) is 1.05. The third-order valence-electron chi connectivity index (χ3n) is 6.71. The van der Waals surface area contributed by atoms with E-state index >= 15 is 0 Å². The van der Waals surface area contributed by atoms with Gasteiger partial charge in [0.15, 0.2) is 0 Å². The first-order valence-corrected chi connectivity index (χ1v) is 11.1. The molecule has 3 aliphatic heterocycles. The van der Waals surface area contributed by atoms with Crippen LogP contribution in [0, 0.1) is 11.8 Å². The van der Waals surface area contributed by atoms with Crippen LogP contribution in [-0.2, 0) is 11.0 Å². The molecule has 3 N–H and O–H groups in total. The summed E-state index contributed by atoms with van der Waals surface area (Å²) in [6.07, 6.45) is 4.84. The lowest BCUT2D eigenvalue weighted by Gasteiger charge is -2.53. The molecule has 1 aliphatic carbocycles. The Morgan fingerprint density at radius 1 is 1.35 bits per heavy atom. The van der Waals surface area contributed by atoms with Crippen molar-refractivity contribution in [3.8, 4) is 5.75 Å². The lowest BCUT2D eigenvalue weighted by atomic mass is 9.65.